The first-order valence-electron chi connectivity index (χ1n) is 6.36. The van der Waals surface area contributed by atoms with Crippen LogP contribution in [0, 0.1) is 0 Å². The first-order valence-corrected chi connectivity index (χ1v) is 7.89. The molecule has 5 N–H and O–H groups in total. The summed E-state index contributed by atoms with van der Waals surface area (Å²) < 4.78 is 21.6. The number of phosphoric ester groups is 1. The van der Waals surface area contributed by atoms with Crippen LogP contribution in [0.25, 0.3) is 11.2 Å². The smallest absolute Gasteiger partial charge is 0.469 e. The van der Waals surface area contributed by atoms with Crippen LogP contribution in [0.5, 0.6) is 5.88 Å². The molecule has 23 heavy (non-hydrogen) atoms. The fourth-order valence-electron chi connectivity index (χ4n) is 2.29. The van der Waals surface area contributed by atoms with E-state index in [0.29, 0.717) is 0 Å². The SMILES string of the molecule is O=P(O)(O)OC[C@H]1O[C@@H](n2cnc3c(O)ncnc32)[C@@H](O)[C@@H]1O. The van der Waals surface area contributed by atoms with Crippen molar-refractivity contribution in [2.24, 2.45) is 0 Å². The van der Waals surface area contributed by atoms with Crippen LogP contribution in [0.4, 0.5) is 0 Å². The number of ether oxygens (including phenoxy) is 1. The molecule has 4 atom stereocenters. The number of hydrogen-bond acceptors (Lipinski definition) is 9. The van der Waals surface area contributed by atoms with Crippen LogP contribution in [0.3, 0.4) is 0 Å². The zero-order valence-electron chi connectivity index (χ0n) is 11.4. The average molecular weight is 348 g/mol. The maximum Gasteiger partial charge on any atom is 0.469 e. The van der Waals surface area contributed by atoms with Crippen molar-refractivity contribution in [3.63, 3.8) is 0 Å². The molecule has 1 saturated heterocycles. The number of hydrogen-bond donors (Lipinski definition) is 5. The third-order valence-corrected chi connectivity index (χ3v) is 3.84. The van der Waals surface area contributed by atoms with Crippen molar-refractivity contribution in [2.45, 2.75) is 24.5 Å². The van der Waals surface area contributed by atoms with Gasteiger partial charge in [-0.1, -0.05) is 0 Å². The Morgan fingerprint density at radius 3 is 2.70 bits per heavy atom. The standard InChI is InChI=1S/C10H13N4O8P/c15-6-4(1-21-23(18,19)20)22-10(7(6)16)14-3-13-5-8(14)11-2-12-9(5)17/h2-4,6-7,10,15-16H,1H2,(H,11,12,17)(H2,18,19,20)/t4-,6-,7+,10-/m1/s1. The number of nitrogens with zero attached hydrogens (tertiary/aromatic N) is 4. The van der Waals surface area contributed by atoms with Gasteiger partial charge in [0.25, 0.3) is 0 Å². The van der Waals surface area contributed by atoms with E-state index >= 15 is 0 Å². The fourth-order valence-corrected chi connectivity index (χ4v) is 2.63. The second kappa shape index (κ2) is 5.76. The highest BCUT2D eigenvalue weighted by Crippen LogP contribution is 2.38. The zero-order valence-corrected chi connectivity index (χ0v) is 12.3. The topological polar surface area (TPSA) is 180 Å². The molecular formula is C10H13N4O8P. The number of aliphatic hydroxyl groups is 2. The van der Waals surface area contributed by atoms with E-state index in [1.807, 2.05) is 0 Å². The van der Waals surface area contributed by atoms with E-state index in [-0.39, 0.29) is 17.0 Å². The Hall–Kier alpha value is -1.66. The summed E-state index contributed by atoms with van der Waals surface area (Å²) in [5.74, 6) is -0.358. The summed E-state index contributed by atoms with van der Waals surface area (Å²) in [5, 5.41) is 29.6. The van der Waals surface area contributed by atoms with Crippen LogP contribution in [0.15, 0.2) is 12.7 Å². The Kier molecular flexibility index (Phi) is 4.06. The van der Waals surface area contributed by atoms with Crippen molar-refractivity contribution in [3.05, 3.63) is 12.7 Å². The molecule has 126 valence electrons. The zero-order chi connectivity index (χ0) is 16.8. The van der Waals surface area contributed by atoms with Gasteiger partial charge in [-0.05, 0) is 0 Å². The van der Waals surface area contributed by atoms with Crippen LogP contribution >= 0.6 is 7.82 Å². The summed E-state index contributed by atoms with van der Waals surface area (Å²) >= 11 is 0. The van der Waals surface area contributed by atoms with E-state index < -0.39 is 39.0 Å². The summed E-state index contributed by atoms with van der Waals surface area (Å²) in [6.07, 6.45) is -2.85. The van der Waals surface area contributed by atoms with Gasteiger partial charge in [-0.3, -0.25) is 9.09 Å². The first kappa shape index (κ1) is 16.2. The van der Waals surface area contributed by atoms with Gasteiger partial charge < -0.3 is 29.8 Å². The van der Waals surface area contributed by atoms with Gasteiger partial charge in [-0.15, -0.1) is 0 Å². The van der Waals surface area contributed by atoms with Crippen LogP contribution in [0.1, 0.15) is 6.23 Å². The van der Waals surface area contributed by atoms with E-state index in [9.17, 15) is 19.9 Å². The number of aliphatic hydroxyl groups excluding tert-OH is 2. The molecule has 0 aliphatic carbocycles. The van der Waals surface area contributed by atoms with Crippen molar-refractivity contribution in [2.75, 3.05) is 6.61 Å². The molecule has 0 unspecified atom stereocenters. The number of fused-ring (bicyclic) bond motifs is 1. The van der Waals surface area contributed by atoms with Gasteiger partial charge in [0.15, 0.2) is 17.4 Å². The number of imidazole rings is 1. The minimum absolute atomic E-state index is 0.0766. The maximum absolute atomic E-state index is 10.7. The van der Waals surface area contributed by atoms with Crippen LogP contribution in [-0.4, -0.2) is 69.5 Å². The Morgan fingerprint density at radius 1 is 1.26 bits per heavy atom. The molecule has 0 saturated carbocycles. The first-order chi connectivity index (χ1) is 10.8. The molecule has 2 aromatic rings. The van der Waals surface area contributed by atoms with Gasteiger partial charge in [0.1, 0.15) is 24.6 Å². The summed E-state index contributed by atoms with van der Waals surface area (Å²) in [5.41, 5.74) is 0.234. The van der Waals surface area contributed by atoms with E-state index in [4.69, 9.17) is 14.5 Å². The Balaban J connectivity index is 1.85. The molecule has 3 rings (SSSR count). The number of aromatic nitrogens is 4. The molecule has 0 radical (unpaired) electrons. The maximum atomic E-state index is 10.7. The van der Waals surface area contributed by atoms with Crippen molar-refractivity contribution in [1.82, 2.24) is 19.5 Å². The van der Waals surface area contributed by atoms with Crippen LogP contribution < -0.4 is 0 Å². The summed E-state index contributed by atoms with van der Waals surface area (Å²) in [7, 11) is -4.74. The van der Waals surface area contributed by atoms with Crippen molar-refractivity contribution >= 4 is 19.0 Å². The second-order valence-corrected chi connectivity index (χ2v) is 6.09. The molecule has 12 nitrogen and oxygen atoms in total. The van der Waals surface area contributed by atoms with Gasteiger partial charge in [0, 0.05) is 0 Å². The highest BCUT2D eigenvalue weighted by molar-refractivity contribution is 7.46. The molecule has 0 bridgehead atoms. The van der Waals surface area contributed by atoms with Crippen LogP contribution in [0.2, 0.25) is 0 Å². The fraction of sp³-hybridized carbons (Fsp3) is 0.500. The van der Waals surface area contributed by atoms with Gasteiger partial charge in [-0.25, -0.2) is 14.5 Å². The average Bonchev–Trinajstić information content (AvgIpc) is 3.01. The molecule has 2 aromatic heterocycles. The van der Waals surface area contributed by atoms with Gasteiger partial charge in [0.05, 0.1) is 12.9 Å². The molecule has 1 aliphatic heterocycles. The minimum Gasteiger partial charge on any atom is -0.492 e. The van der Waals surface area contributed by atoms with Crippen molar-refractivity contribution in [3.8, 4) is 5.88 Å². The van der Waals surface area contributed by atoms with Crippen molar-refractivity contribution in [1.29, 1.82) is 0 Å². The van der Waals surface area contributed by atoms with E-state index in [0.717, 1.165) is 6.33 Å². The molecular weight excluding hydrogens is 335 g/mol. The summed E-state index contributed by atoms with van der Waals surface area (Å²) in [4.78, 5) is 28.7. The van der Waals surface area contributed by atoms with E-state index in [1.165, 1.54) is 10.9 Å². The lowest BCUT2D eigenvalue weighted by molar-refractivity contribution is -0.0504. The molecule has 0 amide bonds. The molecule has 1 aliphatic rings. The highest BCUT2D eigenvalue weighted by Gasteiger charge is 2.45. The lowest BCUT2D eigenvalue weighted by Gasteiger charge is -2.16. The van der Waals surface area contributed by atoms with Crippen LogP contribution in [-0.2, 0) is 13.8 Å². The quantitative estimate of drug-likeness (QED) is 0.396. The summed E-state index contributed by atoms with van der Waals surface area (Å²) in [6.45, 7) is -0.619. The van der Waals surface area contributed by atoms with E-state index in [2.05, 4.69) is 19.5 Å². The monoisotopic (exact) mass is 348 g/mol. The molecule has 0 aromatic carbocycles. The van der Waals surface area contributed by atoms with Gasteiger partial charge >= 0.3 is 7.82 Å². The number of rotatable bonds is 4. The third kappa shape index (κ3) is 3.05. The third-order valence-electron chi connectivity index (χ3n) is 3.36. The number of phosphoric acid groups is 1. The summed E-state index contributed by atoms with van der Waals surface area (Å²) in [6, 6.07) is 0. The number of aromatic hydroxyl groups is 1. The Morgan fingerprint density at radius 2 is 2.00 bits per heavy atom. The predicted octanol–water partition coefficient (Wildman–Crippen LogP) is -1.74. The van der Waals surface area contributed by atoms with E-state index in [1.54, 1.807) is 0 Å². The lowest BCUT2D eigenvalue weighted by atomic mass is 10.1. The Labute approximate surface area is 128 Å². The highest BCUT2D eigenvalue weighted by atomic mass is 31.2. The second-order valence-electron chi connectivity index (χ2n) is 4.85. The molecule has 13 heteroatoms. The van der Waals surface area contributed by atoms with Gasteiger partial charge in [-0.2, -0.15) is 4.98 Å². The Bertz CT molecular complexity index is 762. The van der Waals surface area contributed by atoms with Crippen molar-refractivity contribution < 1.29 is 38.9 Å². The molecule has 0 spiro atoms. The normalized spacial score (nSPS) is 28.5. The molecule has 1 fully saturated rings. The minimum atomic E-state index is -4.74. The van der Waals surface area contributed by atoms with Gasteiger partial charge in [0.2, 0.25) is 5.88 Å². The molecule has 3 heterocycles. The lowest BCUT2D eigenvalue weighted by Crippen LogP contribution is -2.33. The predicted molar refractivity (Wildman–Crippen MR) is 70.9 cm³/mol. The largest absolute Gasteiger partial charge is 0.492 e.